The van der Waals surface area contributed by atoms with Crippen molar-refractivity contribution in [3.8, 4) is 0 Å². The van der Waals surface area contributed by atoms with Crippen LogP contribution in [0.4, 0.5) is 0 Å². The predicted octanol–water partition coefficient (Wildman–Crippen LogP) is 3.22. The fraction of sp³-hybridized carbons (Fsp3) is 0.500. The van der Waals surface area contributed by atoms with Crippen LogP contribution in [-0.4, -0.2) is 0 Å². The van der Waals surface area contributed by atoms with Crippen molar-refractivity contribution in [1.29, 1.82) is 0 Å². The maximum Gasteiger partial charge on any atom is -0.0194 e. The molecule has 0 aromatic heterocycles. The first kappa shape index (κ1) is 9.08. The summed E-state index contributed by atoms with van der Waals surface area (Å²) < 4.78 is 0. The second-order valence-corrected chi connectivity index (χ2v) is 2.39. The first-order valence-corrected chi connectivity index (χ1v) is 3.65. The highest BCUT2D eigenvalue weighted by Gasteiger charge is 1.66. The molecule has 54 valence electrons. The second kappa shape index (κ2) is 6.20. The van der Waals surface area contributed by atoms with Crippen LogP contribution >= 0.6 is 0 Å². The van der Waals surface area contributed by atoms with E-state index in [1.54, 1.807) is 0 Å². The van der Waals surface area contributed by atoms with E-state index >= 15 is 0 Å². The average molecular weight is 134 g/mol. The van der Waals surface area contributed by atoms with Crippen LogP contribution in [0.15, 0.2) is 28.8 Å². The van der Waals surface area contributed by atoms with Gasteiger partial charge in [-0.1, -0.05) is 24.8 Å². The van der Waals surface area contributed by atoms with Gasteiger partial charge in [0, 0.05) is 0 Å². The summed E-state index contributed by atoms with van der Waals surface area (Å²) in [7, 11) is 0. The zero-order chi connectivity index (χ0) is 7.82. The van der Waals surface area contributed by atoms with Gasteiger partial charge in [0.2, 0.25) is 0 Å². The summed E-state index contributed by atoms with van der Waals surface area (Å²) in [5.74, 6) is 0. The Morgan fingerprint density at radius 1 is 1.40 bits per heavy atom. The third-order valence-corrected chi connectivity index (χ3v) is 0.920. The van der Waals surface area contributed by atoms with Crippen molar-refractivity contribution in [2.75, 3.05) is 0 Å². The van der Waals surface area contributed by atoms with E-state index in [-0.39, 0.29) is 0 Å². The van der Waals surface area contributed by atoms with Crippen molar-refractivity contribution in [3.05, 3.63) is 28.8 Å². The van der Waals surface area contributed by atoms with Gasteiger partial charge in [0.25, 0.3) is 0 Å². The largest absolute Gasteiger partial charge is 0.0658 e. The number of unbranched alkanes of at least 4 members (excludes halogenated alkanes) is 1. The van der Waals surface area contributed by atoms with E-state index in [4.69, 9.17) is 0 Å². The Hall–Kier alpha value is -0.920. The van der Waals surface area contributed by atoms with E-state index in [1.165, 1.54) is 6.42 Å². The van der Waals surface area contributed by atoms with Gasteiger partial charge in [0.05, 0.1) is 0 Å². The molecule has 0 heteroatoms. The quantitative estimate of drug-likeness (QED) is 0.509. The van der Waals surface area contributed by atoms with Gasteiger partial charge in [-0.05, 0) is 37.6 Å². The van der Waals surface area contributed by atoms with Crippen LogP contribution in [0.25, 0.3) is 0 Å². The monoisotopic (exact) mass is 134 g/mol. The molecule has 0 bridgehead atoms. The van der Waals surface area contributed by atoms with E-state index in [9.17, 15) is 0 Å². The fourth-order valence-corrected chi connectivity index (χ4v) is 0.429. The molecule has 0 aliphatic carbocycles. The summed E-state index contributed by atoms with van der Waals surface area (Å²) in [6, 6.07) is 0. The Bertz CT molecular complexity index is 198. The molecule has 10 heavy (non-hydrogen) atoms. The zero-order valence-corrected chi connectivity index (χ0v) is 6.99. The molecule has 0 amide bonds. The molecule has 0 radical (unpaired) electrons. The lowest BCUT2D eigenvalue weighted by Gasteiger charge is -1.73. The molecule has 0 saturated heterocycles. The van der Waals surface area contributed by atoms with Crippen LogP contribution in [-0.2, 0) is 0 Å². The minimum absolute atomic E-state index is 1.08. The summed E-state index contributed by atoms with van der Waals surface area (Å²) >= 11 is 0. The molecule has 0 rings (SSSR count). The molecule has 0 aromatic carbocycles. The Kier molecular flexibility index (Phi) is 5.63. The van der Waals surface area contributed by atoms with Crippen molar-refractivity contribution < 1.29 is 0 Å². The van der Waals surface area contributed by atoms with Crippen LogP contribution in [0.5, 0.6) is 0 Å². The standard InChI is InChI=1S/C10H14/c1-4-5-6-7-8-9-10(2)3/h6H,4-5H2,1-3H3. The number of hydrogen-bond acceptors (Lipinski definition) is 0. The van der Waals surface area contributed by atoms with Gasteiger partial charge >= 0.3 is 0 Å². The molecule has 0 N–H and O–H groups in total. The SMILES string of the molecule is CCCC=C=C=C=C(C)C. The van der Waals surface area contributed by atoms with E-state index in [1.807, 2.05) is 19.9 Å². The van der Waals surface area contributed by atoms with E-state index in [0.29, 0.717) is 0 Å². The van der Waals surface area contributed by atoms with E-state index in [0.717, 1.165) is 12.0 Å². The average Bonchev–Trinajstić information content (AvgIpc) is 1.87. The molecule has 0 aromatic rings. The Balaban J connectivity index is 4.10. The molecule has 0 nitrogen and oxygen atoms in total. The molecular formula is C10H14. The molecule has 0 aliphatic heterocycles. The van der Waals surface area contributed by atoms with Gasteiger partial charge in [0.1, 0.15) is 0 Å². The first-order chi connectivity index (χ1) is 4.77. The fourth-order valence-electron chi connectivity index (χ4n) is 0.429. The Labute approximate surface area is 63.3 Å². The van der Waals surface area contributed by atoms with E-state index in [2.05, 4.69) is 24.1 Å². The van der Waals surface area contributed by atoms with Gasteiger partial charge in [-0.25, -0.2) is 0 Å². The minimum Gasteiger partial charge on any atom is -0.0658 e. The second-order valence-electron chi connectivity index (χ2n) is 2.39. The summed E-state index contributed by atoms with van der Waals surface area (Å²) in [4.78, 5) is 0. The highest BCUT2D eigenvalue weighted by atomic mass is 13.7. The first-order valence-electron chi connectivity index (χ1n) is 3.65. The van der Waals surface area contributed by atoms with Gasteiger partial charge < -0.3 is 0 Å². The molecule has 0 saturated carbocycles. The third kappa shape index (κ3) is 7.08. The van der Waals surface area contributed by atoms with Gasteiger partial charge in [-0.3, -0.25) is 0 Å². The van der Waals surface area contributed by atoms with Crippen LogP contribution in [0.2, 0.25) is 0 Å². The molecule has 0 heterocycles. The summed E-state index contributed by atoms with van der Waals surface area (Å²) in [6.07, 6.45) is 4.23. The molecule has 0 atom stereocenters. The number of allylic oxidation sites excluding steroid dienone is 2. The van der Waals surface area contributed by atoms with Crippen LogP contribution < -0.4 is 0 Å². The third-order valence-electron chi connectivity index (χ3n) is 0.920. The Morgan fingerprint density at radius 3 is 2.60 bits per heavy atom. The summed E-state index contributed by atoms with van der Waals surface area (Å²) in [6.45, 7) is 6.13. The van der Waals surface area contributed by atoms with Crippen molar-refractivity contribution in [2.24, 2.45) is 0 Å². The topological polar surface area (TPSA) is 0 Å². The normalized spacial score (nSPS) is 7.10. The smallest absolute Gasteiger partial charge is 0.0194 e. The molecule has 0 unspecified atom stereocenters. The minimum atomic E-state index is 1.08. The number of rotatable bonds is 2. The van der Waals surface area contributed by atoms with Gasteiger partial charge in [-0.15, -0.1) is 0 Å². The van der Waals surface area contributed by atoms with E-state index < -0.39 is 0 Å². The van der Waals surface area contributed by atoms with Gasteiger partial charge in [-0.2, -0.15) is 0 Å². The van der Waals surface area contributed by atoms with Crippen molar-refractivity contribution in [2.45, 2.75) is 33.6 Å². The summed E-state index contributed by atoms with van der Waals surface area (Å²) in [5.41, 5.74) is 9.80. The molecular weight excluding hydrogens is 120 g/mol. The Morgan fingerprint density at radius 2 is 2.10 bits per heavy atom. The lowest BCUT2D eigenvalue weighted by atomic mass is 10.3. The molecule has 0 fully saturated rings. The van der Waals surface area contributed by atoms with Crippen molar-refractivity contribution >= 4 is 0 Å². The molecule has 0 spiro atoms. The highest BCUT2D eigenvalue weighted by Crippen LogP contribution is 1.85. The lowest BCUT2D eigenvalue weighted by molar-refractivity contribution is 0.960. The maximum atomic E-state index is 2.93. The highest BCUT2D eigenvalue weighted by molar-refractivity contribution is 4.94. The van der Waals surface area contributed by atoms with Gasteiger partial charge in [0.15, 0.2) is 0 Å². The number of hydrogen-bond donors (Lipinski definition) is 0. The molecule has 0 aliphatic rings. The van der Waals surface area contributed by atoms with Crippen molar-refractivity contribution in [3.63, 3.8) is 0 Å². The maximum absolute atomic E-state index is 2.93. The lowest BCUT2D eigenvalue weighted by Crippen LogP contribution is -1.54. The van der Waals surface area contributed by atoms with Crippen LogP contribution in [0, 0.1) is 0 Å². The zero-order valence-electron chi connectivity index (χ0n) is 6.99. The summed E-state index contributed by atoms with van der Waals surface area (Å²) in [5, 5.41) is 0. The predicted molar refractivity (Wildman–Crippen MR) is 44.9 cm³/mol. The van der Waals surface area contributed by atoms with Crippen LogP contribution in [0.1, 0.15) is 33.6 Å². The van der Waals surface area contributed by atoms with Crippen molar-refractivity contribution in [1.82, 2.24) is 0 Å². The van der Waals surface area contributed by atoms with Crippen LogP contribution in [0.3, 0.4) is 0 Å².